The highest BCUT2D eigenvalue weighted by atomic mass is 14.9. The number of benzene rings is 2. The van der Waals surface area contributed by atoms with Crippen LogP contribution in [0.15, 0.2) is 36.4 Å². The minimum absolute atomic E-state index is 0.634. The molecule has 0 N–H and O–H groups in total. The van der Waals surface area contributed by atoms with E-state index in [1.807, 2.05) is 38.1 Å². The van der Waals surface area contributed by atoms with E-state index in [0.717, 1.165) is 22.3 Å². The molecule has 0 bridgehead atoms. The average Bonchev–Trinajstić information content (AvgIpc) is 2.34. The Bertz CT molecular complexity index is 624. The first-order valence-corrected chi connectivity index (χ1v) is 6.40. The molecule has 0 heterocycles. The number of aryl methyl sites for hydroxylation is 4. The third-order valence-electron chi connectivity index (χ3n) is 3.37. The Morgan fingerprint density at radius 3 is 1.53 bits per heavy atom. The van der Waals surface area contributed by atoms with E-state index in [1.165, 1.54) is 11.1 Å². The predicted molar refractivity (Wildman–Crippen MR) is 78.7 cm³/mol. The fraction of sp³-hybridized carbons (Fsp3) is 0.235. The van der Waals surface area contributed by atoms with E-state index < -0.39 is 0 Å². The molecule has 0 aliphatic carbocycles. The second-order valence-corrected chi connectivity index (χ2v) is 5.09. The lowest BCUT2D eigenvalue weighted by Gasteiger charge is -2.06. The lowest BCUT2D eigenvalue weighted by molar-refractivity contribution is -0.00287. The van der Waals surface area contributed by atoms with Gasteiger partial charge in [0.15, 0.2) is 0 Å². The lowest BCUT2D eigenvalue weighted by Crippen LogP contribution is -2.09. The Morgan fingerprint density at radius 1 is 0.789 bits per heavy atom. The molecule has 0 saturated carbocycles. The Balaban J connectivity index is 2.60. The maximum atomic E-state index is 9.41. The van der Waals surface area contributed by atoms with Crippen LogP contribution in [0.25, 0.3) is 5.53 Å². The molecule has 0 radical (unpaired) electrons. The number of rotatable bonds is 2. The van der Waals surface area contributed by atoms with Gasteiger partial charge in [-0.15, -0.1) is 0 Å². The lowest BCUT2D eigenvalue weighted by atomic mass is 9.93. The van der Waals surface area contributed by atoms with Crippen molar-refractivity contribution >= 4 is 5.71 Å². The van der Waals surface area contributed by atoms with Gasteiger partial charge in [0, 0.05) is 0 Å². The summed E-state index contributed by atoms with van der Waals surface area (Å²) in [7, 11) is 0. The smallest absolute Gasteiger partial charge is 0.330 e. The first-order valence-electron chi connectivity index (χ1n) is 6.40. The summed E-state index contributed by atoms with van der Waals surface area (Å²) in [4.78, 5) is 3.53. The van der Waals surface area contributed by atoms with Crippen molar-refractivity contribution in [2.45, 2.75) is 27.7 Å². The zero-order valence-electron chi connectivity index (χ0n) is 11.9. The summed E-state index contributed by atoms with van der Waals surface area (Å²) in [5.41, 5.74) is 16.6. The molecule has 96 valence electrons. The quantitative estimate of drug-likeness (QED) is 0.439. The van der Waals surface area contributed by atoms with Crippen molar-refractivity contribution in [1.29, 1.82) is 0 Å². The molecule has 2 heteroatoms. The highest BCUT2D eigenvalue weighted by Gasteiger charge is 2.19. The first kappa shape index (κ1) is 13.3. The van der Waals surface area contributed by atoms with Gasteiger partial charge in [0.1, 0.15) is 0 Å². The third-order valence-corrected chi connectivity index (χ3v) is 3.37. The fourth-order valence-electron chi connectivity index (χ4n) is 2.41. The zero-order valence-corrected chi connectivity index (χ0v) is 11.9. The second-order valence-electron chi connectivity index (χ2n) is 5.09. The molecule has 0 aromatic heterocycles. The van der Waals surface area contributed by atoms with Gasteiger partial charge in [0.2, 0.25) is 0 Å². The van der Waals surface area contributed by atoms with Crippen molar-refractivity contribution in [3.05, 3.63) is 75.3 Å². The van der Waals surface area contributed by atoms with Crippen LogP contribution in [0.4, 0.5) is 0 Å². The molecule has 2 aromatic carbocycles. The van der Waals surface area contributed by atoms with Crippen LogP contribution in [0.2, 0.25) is 0 Å². The van der Waals surface area contributed by atoms with Gasteiger partial charge in [-0.25, -0.2) is 0 Å². The monoisotopic (exact) mass is 250 g/mol. The van der Waals surface area contributed by atoms with Crippen molar-refractivity contribution in [1.82, 2.24) is 0 Å². The maximum absolute atomic E-state index is 9.41. The Hall–Kier alpha value is -2.18. The van der Waals surface area contributed by atoms with Gasteiger partial charge >= 0.3 is 5.71 Å². The summed E-state index contributed by atoms with van der Waals surface area (Å²) in [6.07, 6.45) is 0. The van der Waals surface area contributed by atoms with Gasteiger partial charge in [-0.3, -0.25) is 0 Å². The minimum Gasteiger partial charge on any atom is -0.361 e. The van der Waals surface area contributed by atoms with Crippen molar-refractivity contribution < 1.29 is 4.79 Å². The van der Waals surface area contributed by atoms with E-state index in [9.17, 15) is 5.53 Å². The highest BCUT2D eigenvalue weighted by molar-refractivity contribution is 6.11. The molecule has 2 nitrogen and oxygen atoms in total. The van der Waals surface area contributed by atoms with Crippen molar-refractivity contribution in [2.24, 2.45) is 0 Å². The van der Waals surface area contributed by atoms with E-state index in [0.29, 0.717) is 5.71 Å². The van der Waals surface area contributed by atoms with Gasteiger partial charge < -0.3 is 5.53 Å². The standard InChI is InChI=1S/C17H18N2/c1-11-5-7-15(13(3)9-11)17(19-18)16-8-6-12(2)10-14(16)4/h5-10H,1-4H3. The molecule has 19 heavy (non-hydrogen) atoms. The third kappa shape index (κ3) is 2.64. The molecule has 0 fully saturated rings. The van der Waals surface area contributed by atoms with Crippen LogP contribution in [0, 0.1) is 27.7 Å². The normalized spacial score (nSPS) is 10.1. The number of hydrogen-bond donors (Lipinski definition) is 0. The molecule has 0 spiro atoms. The molecule has 0 atom stereocenters. The average molecular weight is 250 g/mol. The Kier molecular flexibility index (Phi) is 3.64. The van der Waals surface area contributed by atoms with Gasteiger partial charge in [-0.05, 0) is 51.0 Å². The molecule has 2 aromatic rings. The summed E-state index contributed by atoms with van der Waals surface area (Å²) in [6, 6.07) is 12.3. The summed E-state index contributed by atoms with van der Waals surface area (Å²) in [5.74, 6) is 0. The second kappa shape index (κ2) is 5.21. The minimum atomic E-state index is 0.634. The van der Waals surface area contributed by atoms with Crippen LogP contribution in [0.5, 0.6) is 0 Å². The summed E-state index contributed by atoms with van der Waals surface area (Å²) < 4.78 is 0. The molecule has 0 saturated heterocycles. The van der Waals surface area contributed by atoms with Crippen LogP contribution in [0.1, 0.15) is 33.4 Å². The SMILES string of the molecule is Cc1ccc(C(=[N+]=[N-])c2ccc(C)cc2C)c(C)c1. The van der Waals surface area contributed by atoms with Crippen LogP contribution >= 0.6 is 0 Å². The van der Waals surface area contributed by atoms with Crippen LogP contribution in [-0.2, 0) is 0 Å². The molecule has 0 unspecified atom stereocenters. The van der Waals surface area contributed by atoms with Crippen molar-refractivity contribution in [3.63, 3.8) is 0 Å². The summed E-state index contributed by atoms with van der Waals surface area (Å²) >= 11 is 0. The van der Waals surface area contributed by atoms with E-state index in [-0.39, 0.29) is 0 Å². The molecule has 2 rings (SSSR count). The maximum Gasteiger partial charge on any atom is 0.330 e. The summed E-state index contributed by atoms with van der Waals surface area (Å²) in [5, 5.41) is 0. The van der Waals surface area contributed by atoms with E-state index in [1.54, 1.807) is 0 Å². The Morgan fingerprint density at radius 2 is 1.21 bits per heavy atom. The molecule has 0 amide bonds. The van der Waals surface area contributed by atoms with Crippen molar-refractivity contribution in [2.75, 3.05) is 0 Å². The predicted octanol–water partition coefficient (Wildman–Crippen LogP) is 3.99. The number of nitrogens with zero attached hydrogens (tertiary/aromatic N) is 2. The topological polar surface area (TPSA) is 36.4 Å². The molecular weight excluding hydrogens is 232 g/mol. The highest BCUT2D eigenvalue weighted by Crippen LogP contribution is 2.18. The van der Waals surface area contributed by atoms with Crippen LogP contribution in [0.3, 0.4) is 0 Å². The van der Waals surface area contributed by atoms with Crippen LogP contribution in [-0.4, -0.2) is 10.5 Å². The van der Waals surface area contributed by atoms with Gasteiger partial charge in [-0.1, -0.05) is 35.4 Å². The van der Waals surface area contributed by atoms with Gasteiger partial charge in [-0.2, -0.15) is 4.79 Å². The number of hydrogen-bond acceptors (Lipinski definition) is 0. The van der Waals surface area contributed by atoms with E-state index in [2.05, 4.69) is 30.8 Å². The van der Waals surface area contributed by atoms with E-state index in [4.69, 9.17) is 0 Å². The fourth-order valence-corrected chi connectivity index (χ4v) is 2.41. The van der Waals surface area contributed by atoms with Crippen molar-refractivity contribution in [3.8, 4) is 0 Å². The zero-order chi connectivity index (χ0) is 14.0. The van der Waals surface area contributed by atoms with E-state index >= 15 is 0 Å². The van der Waals surface area contributed by atoms with Gasteiger partial charge in [0.25, 0.3) is 0 Å². The first-order chi connectivity index (χ1) is 9.02. The molecule has 0 aliphatic rings. The largest absolute Gasteiger partial charge is 0.361 e. The molecular formula is C17H18N2. The Labute approximate surface area is 114 Å². The molecule has 0 aliphatic heterocycles. The summed E-state index contributed by atoms with van der Waals surface area (Å²) in [6.45, 7) is 8.20. The van der Waals surface area contributed by atoms with Crippen LogP contribution < -0.4 is 0 Å². The van der Waals surface area contributed by atoms with Gasteiger partial charge in [0.05, 0.1) is 11.1 Å².